The van der Waals surface area contributed by atoms with Gasteiger partial charge in [0.15, 0.2) is 0 Å². The van der Waals surface area contributed by atoms with Gasteiger partial charge in [0.2, 0.25) is 0 Å². The standard InChI is InChI=1S/C13H14F3NO3S/c1-21-6-5-10(12(19)20)17-11(18)8-3-2-4-9(7-8)13(14,15)16/h2-4,7,10H,5-6H2,1H3,(H,17,18)(H,19,20)/t10-/m1/s1. The Balaban J connectivity index is 2.85. The van der Waals surface area contributed by atoms with Crippen LogP contribution < -0.4 is 5.32 Å². The Morgan fingerprint density at radius 1 is 1.38 bits per heavy atom. The highest BCUT2D eigenvalue weighted by Gasteiger charge is 2.31. The predicted octanol–water partition coefficient (Wildman–Crippen LogP) is 2.64. The van der Waals surface area contributed by atoms with E-state index in [0.717, 1.165) is 12.1 Å². The molecule has 0 saturated heterocycles. The summed E-state index contributed by atoms with van der Waals surface area (Å²) < 4.78 is 37.7. The van der Waals surface area contributed by atoms with Crippen molar-refractivity contribution in [1.29, 1.82) is 0 Å². The van der Waals surface area contributed by atoms with Gasteiger partial charge in [0, 0.05) is 5.56 Å². The number of rotatable bonds is 6. The van der Waals surface area contributed by atoms with Crippen molar-refractivity contribution in [2.24, 2.45) is 0 Å². The molecule has 0 heterocycles. The highest BCUT2D eigenvalue weighted by Crippen LogP contribution is 2.29. The molecular formula is C13H14F3NO3S. The molecule has 0 bridgehead atoms. The Labute approximate surface area is 123 Å². The Kier molecular flexibility index (Phi) is 6.07. The van der Waals surface area contributed by atoms with Crippen LogP contribution in [0.4, 0.5) is 13.2 Å². The van der Waals surface area contributed by atoms with Crippen molar-refractivity contribution in [1.82, 2.24) is 5.32 Å². The number of carbonyl (C=O) groups is 2. The lowest BCUT2D eigenvalue weighted by molar-refractivity contribution is -0.139. The summed E-state index contributed by atoms with van der Waals surface area (Å²) in [6, 6.07) is 2.73. The van der Waals surface area contributed by atoms with E-state index in [1.54, 1.807) is 6.26 Å². The fourth-order valence-electron chi connectivity index (χ4n) is 1.57. The topological polar surface area (TPSA) is 66.4 Å². The summed E-state index contributed by atoms with van der Waals surface area (Å²) in [5.41, 5.74) is -1.17. The number of hydrogen-bond donors (Lipinski definition) is 2. The molecular weight excluding hydrogens is 307 g/mol. The highest BCUT2D eigenvalue weighted by molar-refractivity contribution is 7.98. The summed E-state index contributed by atoms with van der Waals surface area (Å²) in [4.78, 5) is 22.8. The number of halogens is 3. The molecule has 0 aliphatic rings. The monoisotopic (exact) mass is 321 g/mol. The maximum absolute atomic E-state index is 12.6. The number of alkyl halides is 3. The number of nitrogens with one attached hydrogen (secondary N) is 1. The minimum atomic E-state index is -4.55. The first-order valence-electron chi connectivity index (χ1n) is 5.95. The molecule has 116 valence electrons. The quantitative estimate of drug-likeness (QED) is 0.845. The third-order valence-corrected chi connectivity index (χ3v) is 3.31. The molecule has 1 aromatic carbocycles. The summed E-state index contributed by atoms with van der Waals surface area (Å²) in [5, 5.41) is 11.2. The Bertz CT molecular complexity index is 520. The number of carboxylic acid groups (broad SMARTS) is 1. The molecule has 1 amide bonds. The lowest BCUT2D eigenvalue weighted by Gasteiger charge is -2.14. The minimum Gasteiger partial charge on any atom is -0.480 e. The zero-order valence-electron chi connectivity index (χ0n) is 11.1. The van der Waals surface area contributed by atoms with E-state index in [1.807, 2.05) is 0 Å². The van der Waals surface area contributed by atoms with Crippen LogP contribution in [-0.2, 0) is 11.0 Å². The molecule has 0 radical (unpaired) electrons. The van der Waals surface area contributed by atoms with Crippen LogP contribution in [-0.4, -0.2) is 35.0 Å². The first kappa shape index (κ1) is 17.4. The third-order valence-electron chi connectivity index (χ3n) is 2.67. The Morgan fingerprint density at radius 3 is 2.57 bits per heavy atom. The van der Waals surface area contributed by atoms with Gasteiger partial charge in [-0.15, -0.1) is 0 Å². The molecule has 1 aromatic rings. The van der Waals surface area contributed by atoms with Gasteiger partial charge in [-0.25, -0.2) is 4.79 Å². The smallest absolute Gasteiger partial charge is 0.416 e. The van der Waals surface area contributed by atoms with Gasteiger partial charge >= 0.3 is 12.1 Å². The van der Waals surface area contributed by atoms with Crippen LogP contribution in [0.2, 0.25) is 0 Å². The van der Waals surface area contributed by atoms with Crippen molar-refractivity contribution < 1.29 is 27.9 Å². The zero-order valence-corrected chi connectivity index (χ0v) is 11.9. The van der Waals surface area contributed by atoms with Gasteiger partial charge in [-0.3, -0.25) is 4.79 Å². The summed E-state index contributed by atoms with van der Waals surface area (Å²) >= 11 is 1.41. The van der Waals surface area contributed by atoms with Crippen LogP contribution in [0, 0.1) is 0 Å². The number of carboxylic acids is 1. The van der Waals surface area contributed by atoms with Crippen LogP contribution in [0.1, 0.15) is 22.3 Å². The van der Waals surface area contributed by atoms with Gasteiger partial charge in [-0.05, 0) is 36.6 Å². The second-order valence-electron chi connectivity index (χ2n) is 4.22. The van der Waals surface area contributed by atoms with Crippen LogP contribution in [0.3, 0.4) is 0 Å². The SMILES string of the molecule is CSCC[C@@H](NC(=O)c1cccc(C(F)(F)F)c1)C(=O)O. The van der Waals surface area contributed by atoms with Crippen molar-refractivity contribution in [2.75, 3.05) is 12.0 Å². The van der Waals surface area contributed by atoms with E-state index in [-0.39, 0.29) is 12.0 Å². The molecule has 0 aliphatic heterocycles. The molecule has 2 N–H and O–H groups in total. The Morgan fingerprint density at radius 2 is 2.05 bits per heavy atom. The van der Waals surface area contributed by atoms with Crippen molar-refractivity contribution in [2.45, 2.75) is 18.6 Å². The first-order valence-corrected chi connectivity index (χ1v) is 7.35. The first-order chi connectivity index (χ1) is 9.75. The van der Waals surface area contributed by atoms with Gasteiger partial charge < -0.3 is 10.4 Å². The van der Waals surface area contributed by atoms with Crippen molar-refractivity contribution in [3.05, 3.63) is 35.4 Å². The van der Waals surface area contributed by atoms with Gasteiger partial charge in [-0.2, -0.15) is 24.9 Å². The number of aliphatic carboxylic acids is 1. The molecule has 0 saturated carbocycles. The lowest BCUT2D eigenvalue weighted by atomic mass is 10.1. The summed E-state index contributed by atoms with van der Waals surface area (Å²) in [6.07, 6.45) is -2.57. The zero-order chi connectivity index (χ0) is 16.0. The molecule has 0 aromatic heterocycles. The molecule has 8 heteroatoms. The summed E-state index contributed by atoms with van der Waals surface area (Å²) in [6.45, 7) is 0. The van der Waals surface area contributed by atoms with Gasteiger partial charge in [0.05, 0.1) is 5.56 Å². The van der Waals surface area contributed by atoms with E-state index in [1.165, 1.54) is 17.8 Å². The second kappa shape index (κ2) is 7.35. The average Bonchev–Trinajstić information content (AvgIpc) is 2.42. The fraction of sp³-hybridized carbons (Fsp3) is 0.385. The lowest BCUT2D eigenvalue weighted by Crippen LogP contribution is -2.41. The maximum atomic E-state index is 12.6. The van der Waals surface area contributed by atoms with E-state index in [0.29, 0.717) is 11.8 Å². The van der Waals surface area contributed by atoms with Crippen molar-refractivity contribution in [3.8, 4) is 0 Å². The second-order valence-corrected chi connectivity index (χ2v) is 5.21. The third kappa shape index (κ3) is 5.30. The van der Waals surface area contributed by atoms with Gasteiger partial charge in [0.25, 0.3) is 5.91 Å². The molecule has 21 heavy (non-hydrogen) atoms. The number of benzene rings is 1. The van der Waals surface area contributed by atoms with Crippen LogP contribution in [0.15, 0.2) is 24.3 Å². The van der Waals surface area contributed by atoms with E-state index in [2.05, 4.69) is 5.32 Å². The normalized spacial score (nSPS) is 12.8. The fourth-order valence-corrected chi connectivity index (χ4v) is 2.04. The van der Waals surface area contributed by atoms with Crippen molar-refractivity contribution >= 4 is 23.6 Å². The molecule has 1 atom stereocenters. The minimum absolute atomic E-state index is 0.196. The van der Waals surface area contributed by atoms with Crippen molar-refractivity contribution in [3.63, 3.8) is 0 Å². The number of amides is 1. The van der Waals surface area contributed by atoms with Crippen LogP contribution >= 0.6 is 11.8 Å². The molecule has 4 nitrogen and oxygen atoms in total. The van der Waals surface area contributed by atoms with E-state index < -0.39 is 29.7 Å². The molecule has 1 rings (SSSR count). The molecule has 0 aliphatic carbocycles. The largest absolute Gasteiger partial charge is 0.480 e. The number of hydrogen-bond acceptors (Lipinski definition) is 3. The predicted molar refractivity (Wildman–Crippen MR) is 73.3 cm³/mol. The van der Waals surface area contributed by atoms with E-state index >= 15 is 0 Å². The number of thioether (sulfide) groups is 1. The summed E-state index contributed by atoms with van der Waals surface area (Å²) in [5.74, 6) is -1.54. The molecule has 0 fully saturated rings. The summed E-state index contributed by atoms with van der Waals surface area (Å²) in [7, 11) is 0. The maximum Gasteiger partial charge on any atom is 0.416 e. The highest BCUT2D eigenvalue weighted by atomic mass is 32.2. The number of carbonyl (C=O) groups excluding carboxylic acids is 1. The molecule has 0 unspecified atom stereocenters. The Hall–Kier alpha value is -1.70. The van der Waals surface area contributed by atoms with Crippen LogP contribution in [0.5, 0.6) is 0 Å². The van der Waals surface area contributed by atoms with E-state index in [9.17, 15) is 22.8 Å². The van der Waals surface area contributed by atoms with E-state index in [4.69, 9.17) is 5.11 Å². The molecule has 0 spiro atoms. The average molecular weight is 321 g/mol. The van der Waals surface area contributed by atoms with Gasteiger partial charge in [0.1, 0.15) is 6.04 Å². The van der Waals surface area contributed by atoms with Crippen LogP contribution in [0.25, 0.3) is 0 Å². The van der Waals surface area contributed by atoms with Gasteiger partial charge in [-0.1, -0.05) is 6.07 Å².